The Balaban J connectivity index is 3.21. The molecule has 11 nitrogen and oxygen atoms in total. The predicted molar refractivity (Wildman–Crippen MR) is 114 cm³/mol. The first-order valence-corrected chi connectivity index (χ1v) is 10.5. The summed E-state index contributed by atoms with van der Waals surface area (Å²) in [4.78, 5) is 59.7. The molecule has 4 amide bonds. The average molecular weight is 540 g/mol. The van der Waals surface area contributed by atoms with Gasteiger partial charge in [-0.05, 0) is 33.6 Å². The van der Waals surface area contributed by atoms with Crippen molar-refractivity contribution in [2.24, 2.45) is 11.5 Å². The van der Waals surface area contributed by atoms with Gasteiger partial charge in [-0.15, -0.1) is 0 Å². The lowest BCUT2D eigenvalue weighted by Gasteiger charge is -2.25. The summed E-state index contributed by atoms with van der Waals surface area (Å²) in [5, 5.41) is 4.16. The smallest absolute Gasteiger partial charge is 0.408 e. The molecule has 0 radical (unpaired) electrons. The molecule has 1 rings (SSSR count). The molecule has 0 aliphatic carbocycles. The van der Waals surface area contributed by atoms with E-state index in [4.69, 9.17) is 16.2 Å². The van der Waals surface area contributed by atoms with Crippen molar-refractivity contribution in [1.82, 2.24) is 10.6 Å². The number of halogens is 5. The Labute approximate surface area is 207 Å². The van der Waals surface area contributed by atoms with Crippen LogP contribution in [0, 0.1) is 29.1 Å². The van der Waals surface area contributed by atoms with Gasteiger partial charge in [-0.25, -0.2) is 22.8 Å². The third-order valence-corrected chi connectivity index (χ3v) is 4.34. The van der Waals surface area contributed by atoms with E-state index in [1.54, 1.807) is 0 Å². The van der Waals surface area contributed by atoms with Gasteiger partial charge in [0.2, 0.25) is 52.6 Å². The fraction of sp³-hybridized carbons (Fsp3) is 0.476. The molecule has 206 valence electrons. The van der Waals surface area contributed by atoms with Crippen molar-refractivity contribution < 1.29 is 55.4 Å². The molecule has 2 atom stereocenters. The number of alkyl carbamates (subject to hydrolysis) is 1. The summed E-state index contributed by atoms with van der Waals surface area (Å²) < 4.78 is 77.3. The van der Waals surface area contributed by atoms with Crippen LogP contribution in [-0.4, -0.2) is 47.5 Å². The lowest BCUT2D eigenvalue weighted by molar-refractivity contribution is -0.140. The summed E-state index contributed by atoms with van der Waals surface area (Å²) in [5.74, 6) is -18.9. The number of nitrogens with two attached hydrogens (primary N) is 2. The van der Waals surface area contributed by atoms with Crippen LogP contribution in [0.15, 0.2) is 0 Å². The van der Waals surface area contributed by atoms with Crippen LogP contribution in [0.4, 0.5) is 26.7 Å². The summed E-state index contributed by atoms with van der Waals surface area (Å²) in [6, 6.07) is -3.48. The first kappa shape index (κ1) is 31.1. The minimum Gasteiger partial charge on any atom is -0.444 e. The first-order chi connectivity index (χ1) is 16.9. The van der Waals surface area contributed by atoms with Gasteiger partial charge in [0.1, 0.15) is 17.7 Å². The summed E-state index contributed by atoms with van der Waals surface area (Å²) >= 11 is 0. The molecule has 0 fully saturated rings. The summed E-state index contributed by atoms with van der Waals surface area (Å²) in [6.07, 6.45) is -3.15. The van der Waals surface area contributed by atoms with E-state index in [0.717, 1.165) is 0 Å². The van der Waals surface area contributed by atoms with Gasteiger partial charge in [-0.3, -0.25) is 14.4 Å². The number of primary amides is 2. The SMILES string of the molecule is CC(C)(C)OC(=O)N[C@@H](CCC(N)=O)C(=O)N[C@@H](CCC(N)=O)C(=O)Oc1c(F)c(F)c(F)c(F)c1F. The summed E-state index contributed by atoms with van der Waals surface area (Å²) in [5.41, 5.74) is 9.07. The van der Waals surface area contributed by atoms with Crippen molar-refractivity contribution in [2.75, 3.05) is 0 Å². The molecular weight excluding hydrogens is 515 g/mol. The van der Waals surface area contributed by atoms with Crippen LogP contribution in [0.25, 0.3) is 0 Å². The molecular formula is C21H25F5N4O7. The molecule has 0 unspecified atom stereocenters. The van der Waals surface area contributed by atoms with Crippen LogP contribution in [-0.2, 0) is 23.9 Å². The third-order valence-electron chi connectivity index (χ3n) is 4.34. The molecule has 0 aromatic heterocycles. The molecule has 16 heteroatoms. The van der Waals surface area contributed by atoms with Crippen LogP contribution in [0.5, 0.6) is 5.75 Å². The van der Waals surface area contributed by atoms with Crippen LogP contribution in [0.1, 0.15) is 46.5 Å². The fourth-order valence-electron chi connectivity index (χ4n) is 2.66. The van der Waals surface area contributed by atoms with E-state index in [1.165, 1.54) is 20.8 Å². The Morgan fingerprint density at radius 1 is 0.757 bits per heavy atom. The molecule has 0 spiro atoms. The third kappa shape index (κ3) is 9.53. The van der Waals surface area contributed by atoms with Crippen molar-refractivity contribution >= 4 is 29.8 Å². The molecule has 0 aliphatic rings. The van der Waals surface area contributed by atoms with Crippen LogP contribution >= 0.6 is 0 Å². The van der Waals surface area contributed by atoms with Gasteiger partial charge >= 0.3 is 12.1 Å². The monoisotopic (exact) mass is 540 g/mol. The number of amides is 4. The Morgan fingerprint density at radius 2 is 1.19 bits per heavy atom. The van der Waals surface area contributed by atoms with Gasteiger partial charge in [-0.2, -0.15) is 8.78 Å². The zero-order chi connectivity index (χ0) is 28.7. The molecule has 6 N–H and O–H groups in total. The van der Waals surface area contributed by atoms with Crippen molar-refractivity contribution in [3.63, 3.8) is 0 Å². The van der Waals surface area contributed by atoms with E-state index in [1.807, 2.05) is 5.32 Å². The van der Waals surface area contributed by atoms with E-state index < -0.39 is 108 Å². The molecule has 1 aromatic rings. The largest absolute Gasteiger partial charge is 0.444 e. The standard InChI is InChI=1S/C21H25F5N4O7/c1-21(2,3)37-20(35)30-8(4-6-10(27)31)18(33)29-9(5-7-11(28)32)19(34)36-17-15(25)13(23)12(22)14(24)16(17)26/h8-9H,4-7H2,1-3H3,(H2,27,31)(H2,28,32)(H,29,33)(H,30,35)/t8-,9-/m0/s1. The number of ether oxygens (including phenoxy) is 2. The summed E-state index contributed by atoms with van der Waals surface area (Å²) in [7, 11) is 0. The minimum atomic E-state index is -2.50. The van der Waals surface area contributed by atoms with Crippen LogP contribution < -0.4 is 26.8 Å². The quantitative estimate of drug-likeness (QED) is 0.107. The van der Waals surface area contributed by atoms with E-state index in [0.29, 0.717) is 0 Å². The maximum atomic E-state index is 13.9. The zero-order valence-electron chi connectivity index (χ0n) is 19.9. The van der Waals surface area contributed by atoms with Crippen LogP contribution in [0.2, 0.25) is 0 Å². The second kappa shape index (κ2) is 12.8. The van der Waals surface area contributed by atoms with Gasteiger partial charge in [0.05, 0.1) is 0 Å². The molecule has 37 heavy (non-hydrogen) atoms. The number of esters is 1. The van der Waals surface area contributed by atoms with Gasteiger partial charge < -0.3 is 31.6 Å². The Kier molecular flexibility index (Phi) is 10.8. The topological polar surface area (TPSA) is 180 Å². The maximum Gasteiger partial charge on any atom is 0.408 e. The highest BCUT2D eigenvalue weighted by molar-refractivity contribution is 5.91. The highest BCUT2D eigenvalue weighted by atomic mass is 19.2. The van der Waals surface area contributed by atoms with Gasteiger partial charge in [-0.1, -0.05) is 0 Å². The summed E-state index contributed by atoms with van der Waals surface area (Å²) in [6.45, 7) is 4.54. The molecule has 0 saturated heterocycles. The fourth-order valence-corrected chi connectivity index (χ4v) is 2.66. The number of benzene rings is 1. The molecule has 0 heterocycles. The second-order valence-corrected chi connectivity index (χ2v) is 8.59. The zero-order valence-corrected chi connectivity index (χ0v) is 19.9. The van der Waals surface area contributed by atoms with Crippen molar-refractivity contribution in [2.45, 2.75) is 64.1 Å². The minimum absolute atomic E-state index is 0.393. The second-order valence-electron chi connectivity index (χ2n) is 8.59. The van der Waals surface area contributed by atoms with Crippen molar-refractivity contribution in [1.29, 1.82) is 0 Å². The van der Waals surface area contributed by atoms with Crippen molar-refractivity contribution in [3.05, 3.63) is 29.1 Å². The maximum absolute atomic E-state index is 13.9. The number of hydrogen-bond acceptors (Lipinski definition) is 7. The lowest BCUT2D eigenvalue weighted by Crippen LogP contribution is -2.53. The van der Waals surface area contributed by atoms with Crippen molar-refractivity contribution in [3.8, 4) is 5.75 Å². The Morgan fingerprint density at radius 3 is 1.62 bits per heavy atom. The first-order valence-electron chi connectivity index (χ1n) is 10.5. The predicted octanol–water partition coefficient (Wildman–Crippen LogP) is 1.20. The van der Waals surface area contributed by atoms with E-state index in [9.17, 15) is 45.9 Å². The van der Waals surface area contributed by atoms with Crippen LogP contribution in [0.3, 0.4) is 0 Å². The highest BCUT2D eigenvalue weighted by Gasteiger charge is 2.33. The number of nitrogens with one attached hydrogen (secondary N) is 2. The average Bonchev–Trinajstić information content (AvgIpc) is 2.77. The molecule has 0 saturated carbocycles. The number of carbonyl (C=O) groups is 5. The van der Waals surface area contributed by atoms with Gasteiger partial charge in [0, 0.05) is 12.8 Å². The molecule has 0 aliphatic heterocycles. The Hall–Kier alpha value is -3.98. The number of rotatable bonds is 11. The Bertz CT molecular complexity index is 1050. The van der Waals surface area contributed by atoms with Gasteiger partial charge in [0.15, 0.2) is 0 Å². The van der Waals surface area contributed by atoms with E-state index >= 15 is 0 Å². The number of carbonyl (C=O) groups excluding carboxylic acids is 5. The lowest BCUT2D eigenvalue weighted by atomic mass is 10.1. The normalized spacial score (nSPS) is 12.8. The highest BCUT2D eigenvalue weighted by Crippen LogP contribution is 2.29. The molecule has 0 bridgehead atoms. The van der Waals surface area contributed by atoms with Gasteiger partial charge in [0.25, 0.3) is 0 Å². The number of hydrogen-bond donors (Lipinski definition) is 4. The van der Waals surface area contributed by atoms with E-state index in [2.05, 4.69) is 10.1 Å². The van der Waals surface area contributed by atoms with E-state index in [-0.39, 0.29) is 0 Å². The molecule has 1 aromatic carbocycles.